The number of sulfone groups is 1. The SMILES string of the molecule is C[C@@H](CS(=O)(=O)CCCCCN1CC(=S)NC1=S)c1ccc(F)c(OCC2CC2)c1. The van der Waals surface area contributed by atoms with E-state index in [2.05, 4.69) is 5.32 Å². The van der Waals surface area contributed by atoms with Crippen LogP contribution in [0.2, 0.25) is 0 Å². The van der Waals surface area contributed by atoms with E-state index in [-0.39, 0.29) is 23.2 Å². The van der Waals surface area contributed by atoms with Crippen LogP contribution in [0, 0.1) is 11.7 Å². The number of halogens is 1. The highest BCUT2D eigenvalue weighted by molar-refractivity contribution is 7.91. The highest BCUT2D eigenvalue weighted by atomic mass is 32.2. The van der Waals surface area contributed by atoms with Gasteiger partial charge in [-0.15, -0.1) is 0 Å². The predicted octanol–water partition coefficient (Wildman–Crippen LogP) is 3.82. The Morgan fingerprint density at radius 3 is 2.70 bits per heavy atom. The molecule has 0 amide bonds. The molecular weight excluding hydrogens is 443 g/mol. The number of thiocarbonyl (C=S) groups is 2. The fourth-order valence-corrected chi connectivity index (χ4v) is 5.82. The summed E-state index contributed by atoms with van der Waals surface area (Å²) < 4.78 is 44.6. The molecule has 1 aromatic carbocycles. The van der Waals surface area contributed by atoms with Gasteiger partial charge in [0.05, 0.1) is 24.7 Å². The Labute approximate surface area is 189 Å². The number of nitrogens with one attached hydrogen (secondary N) is 1. The Hall–Kier alpha value is -1.32. The molecule has 3 rings (SSSR count). The average molecular weight is 473 g/mol. The molecule has 2 aliphatic rings. The number of rotatable bonds is 12. The lowest BCUT2D eigenvalue weighted by molar-refractivity contribution is 0.285. The molecule has 0 bridgehead atoms. The summed E-state index contributed by atoms with van der Waals surface area (Å²) in [5.41, 5.74) is 0.789. The van der Waals surface area contributed by atoms with Crippen LogP contribution in [0.15, 0.2) is 18.2 Å². The van der Waals surface area contributed by atoms with Gasteiger partial charge in [-0.05, 0) is 67.4 Å². The Balaban J connectivity index is 1.42. The lowest BCUT2D eigenvalue weighted by Gasteiger charge is -2.16. The van der Waals surface area contributed by atoms with Crippen molar-refractivity contribution in [2.75, 3.05) is 31.2 Å². The van der Waals surface area contributed by atoms with Crippen molar-refractivity contribution in [1.29, 1.82) is 0 Å². The minimum absolute atomic E-state index is 0.0507. The van der Waals surface area contributed by atoms with Gasteiger partial charge >= 0.3 is 0 Å². The van der Waals surface area contributed by atoms with E-state index < -0.39 is 15.7 Å². The quantitative estimate of drug-likeness (QED) is 0.367. The Kier molecular flexibility index (Phi) is 8.04. The molecule has 1 aliphatic carbocycles. The van der Waals surface area contributed by atoms with Gasteiger partial charge in [0.2, 0.25) is 0 Å². The number of ether oxygens (including phenoxy) is 1. The highest BCUT2D eigenvalue weighted by Gasteiger charge is 2.23. The third-order valence-corrected chi connectivity index (χ3v) is 7.96. The van der Waals surface area contributed by atoms with Crippen molar-refractivity contribution in [1.82, 2.24) is 10.2 Å². The molecule has 2 fully saturated rings. The summed E-state index contributed by atoms with van der Waals surface area (Å²) in [5, 5.41) is 3.61. The Bertz CT molecular complexity index is 887. The standard InChI is InChI=1S/C21H29FN2O3S3/c1-15(17-7-8-18(22)19(11-17)27-13-16-5-6-16)14-30(25,26)10-4-2-3-9-24-12-20(28)23-21(24)29/h7-8,11,15-16H,2-6,9-10,12-14H2,1H3,(H,23,28,29)/t15-/m0/s1. The molecule has 1 atom stereocenters. The summed E-state index contributed by atoms with van der Waals surface area (Å²) in [5.74, 6) is 0.341. The average Bonchev–Trinajstić information content (AvgIpc) is 3.44. The number of benzene rings is 1. The molecule has 1 N–H and O–H groups in total. The van der Waals surface area contributed by atoms with Crippen molar-refractivity contribution in [3.8, 4) is 5.75 Å². The molecule has 1 saturated carbocycles. The molecule has 1 aliphatic heterocycles. The van der Waals surface area contributed by atoms with Gasteiger partial charge in [-0.1, -0.05) is 31.6 Å². The first-order valence-electron chi connectivity index (χ1n) is 10.4. The number of hydrogen-bond donors (Lipinski definition) is 1. The summed E-state index contributed by atoms with van der Waals surface area (Å²) in [7, 11) is -3.19. The summed E-state index contributed by atoms with van der Waals surface area (Å²) in [6.07, 6.45) is 4.56. The maximum Gasteiger partial charge on any atom is 0.174 e. The van der Waals surface area contributed by atoms with Crippen molar-refractivity contribution >= 4 is 44.4 Å². The van der Waals surface area contributed by atoms with Gasteiger partial charge in [0.1, 0.15) is 4.99 Å². The van der Waals surface area contributed by atoms with E-state index in [1.165, 1.54) is 6.07 Å². The fraction of sp³-hybridized carbons (Fsp3) is 0.619. The zero-order valence-electron chi connectivity index (χ0n) is 17.2. The van der Waals surface area contributed by atoms with Crippen molar-refractivity contribution in [3.05, 3.63) is 29.6 Å². The van der Waals surface area contributed by atoms with Crippen LogP contribution in [0.3, 0.4) is 0 Å². The Morgan fingerprint density at radius 1 is 1.27 bits per heavy atom. The molecule has 1 heterocycles. The zero-order valence-corrected chi connectivity index (χ0v) is 19.7. The topological polar surface area (TPSA) is 58.6 Å². The molecule has 5 nitrogen and oxygen atoms in total. The molecule has 1 saturated heterocycles. The molecule has 0 radical (unpaired) electrons. The zero-order chi connectivity index (χ0) is 21.7. The Morgan fingerprint density at radius 2 is 2.03 bits per heavy atom. The van der Waals surface area contributed by atoms with E-state index in [4.69, 9.17) is 29.2 Å². The molecular formula is C21H29FN2O3S3. The molecule has 0 aromatic heterocycles. The molecule has 30 heavy (non-hydrogen) atoms. The van der Waals surface area contributed by atoms with Crippen molar-refractivity contribution in [3.63, 3.8) is 0 Å². The van der Waals surface area contributed by atoms with Crippen molar-refractivity contribution in [2.45, 2.75) is 44.9 Å². The van der Waals surface area contributed by atoms with Crippen LogP contribution < -0.4 is 10.1 Å². The van der Waals surface area contributed by atoms with Gasteiger partial charge in [0, 0.05) is 6.54 Å². The van der Waals surface area contributed by atoms with E-state index in [1.54, 1.807) is 12.1 Å². The fourth-order valence-electron chi connectivity index (χ4n) is 3.45. The van der Waals surface area contributed by atoms with Crippen LogP contribution in [-0.4, -0.2) is 54.6 Å². The van der Waals surface area contributed by atoms with Crippen LogP contribution >= 0.6 is 24.4 Å². The van der Waals surface area contributed by atoms with Gasteiger partial charge < -0.3 is 15.0 Å². The number of unbranched alkanes of at least 4 members (excludes halogenated alkanes) is 2. The summed E-state index contributed by atoms with van der Waals surface area (Å²) in [6, 6.07) is 4.66. The van der Waals surface area contributed by atoms with Gasteiger partial charge in [-0.2, -0.15) is 0 Å². The van der Waals surface area contributed by atoms with E-state index in [0.717, 1.165) is 42.8 Å². The lowest BCUT2D eigenvalue weighted by Crippen LogP contribution is -2.28. The van der Waals surface area contributed by atoms with Gasteiger partial charge in [-0.3, -0.25) is 0 Å². The number of nitrogens with zero attached hydrogens (tertiary/aromatic N) is 1. The smallest absolute Gasteiger partial charge is 0.174 e. The normalized spacial score (nSPS) is 17.9. The van der Waals surface area contributed by atoms with Gasteiger partial charge in [0.25, 0.3) is 0 Å². The monoisotopic (exact) mass is 472 g/mol. The first-order valence-corrected chi connectivity index (χ1v) is 13.1. The second-order valence-corrected chi connectivity index (χ2v) is 11.4. The third-order valence-electron chi connectivity index (χ3n) is 5.45. The van der Waals surface area contributed by atoms with Crippen molar-refractivity contribution < 1.29 is 17.5 Å². The first-order chi connectivity index (χ1) is 14.2. The van der Waals surface area contributed by atoms with Crippen LogP contribution in [0.5, 0.6) is 5.75 Å². The van der Waals surface area contributed by atoms with Crippen molar-refractivity contribution in [2.24, 2.45) is 5.92 Å². The minimum atomic E-state index is -3.19. The summed E-state index contributed by atoms with van der Waals surface area (Å²) in [6.45, 7) is 3.81. The molecule has 9 heteroatoms. The highest BCUT2D eigenvalue weighted by Crippen LogP contribution is 2.31. The second kappa shape index (κ2) is 10.3. The molecule has 0 spiro atoms. The second-order valence-electron chi connectivity index (χ2n) is 8.30. The third kappa shape index (κ3) is 7.13. The van der Waals surface area contributed by atoms with Gasteiger partial charge in [-0.25, -0.2) is 12.8 Å². The first kappa shape index (κ1) is 23.3. The van der Waals surface area contributed by atoms with Crippen LogP contribution in [0.1, 0.15) is 50.5 Å². The lowest BCUT2D eigenvalue weighted by atomic mass is 10.0. The molecule has 0 unspecified atom stereocenters. The minimum Gasteiger partial charge on any atom is -0.490 e. The van der Waals surface area contributed by atoms with Crippen LogP contribution in [0.4, 0.5) is 4.39 Å². The summed E-state index contributed by atoms with van der Waals surface area (Å²) in [4.78, 5) is 2.74. The predicted molar refractivity (Wildman–Crippen MR) is 125 cm³/mol. The summed E-state index contributed by atoms with van der Waals surface area (Å²) >= 11 is 10.3. The van der Waals surface area contributed by atoms with Crippen LogP contribution in [-0.2, 0) is 9.84 Å². The van der Waals surface area contributed by atoms with E-state index in [0.29, 0.717) is 30.6 Å². The van der Waals surface area contributed by atoms with E-state index in [9.17, 15) is 12.8 Å². The largest absolute Gasteiger partial charge is 0.490 e. The van der Waals surface area contributed by atoms with E-state index >= 15 is 0 Å². The molecule has 166 valence electrons. The van der Waals surface area contributed by atoms with Gasteiger partial charge in [0.15, 0.2) is 26.5 Å². The van der Waals surface area contributed by atoms with E-state index in [1.807, 2.05) is 11.8 Å². The maximum absolute atomic E-state index is 14.0. The van der Waals surface area contributed by atoms with Crippen LogP contribution in [0.25, 0.3) is 0 Å². The molecule has 1 aromatic rings. The maximum atomic E-state index is 14.0. The number of hydrogen-bond acceptors (Lipinski definition) is 5.